The van der Waals surface area contributed by atoms with Crippen LogP contribution in [-0.4, -0.2) is 18.0 Å². The van der Waals surface area contributed by atoms with Gasteiger partial charge in [-0.25, -0.2) is 4.98 Å². The van der Waals surface area contributed by atoms with Crippen molar-refractivity contribution in [3.05, 3.63) is 40.3 Å². The highest BCUT2D eigenvalue weighted by atomic mass is 32.1. The molecule has 0 bridgehead atoms. The second kappa shape index (κ2) is 7.22. The molecule has 0 fully saturated rings. The smallest absolute Gasteiger partial charge is 0.224 e. The Morgan fingerprint density at radius 3 is 2.90 bits per heavy atom. The highest BCUT2D eigenvalue weighted by Gasteiger charge is 2.08. The first-order valence-corrected chi connectivity index (χ1v) is 7.84. The fourth-order valence-corrected chi connectivity index (χ4v) is 2.81. The molecular formula is C16H20N2O2S. The Morgan fingerprint density at radius 1 is 1.43 bits per heavy atom. The molecule has 0 saturated carbocycles. The van der Waals surface area contributed by atoms with E-state index in [9.17, 15) is 4.79 Å². The summed E-state index contributed by atoms with van der Waals surface area (Å²) in [4.78, 5) is 16.5. The third-order valence-corrected chi connectivity index (χ3v) is 4.01. The van der Waals surface area contributed by atoms with Gasteiger partial charge in [-0.3, -0.25) is 4.79 Å². The quantitative estimate of drug-likeness (QED) is 0.882. The lowest BCUT2D eigenvalue weighted by Crippen LogP contribution is -2.12. The summed E-state index contributed by atoms with van der Waals surface area (Å²) < 4.78 is 5.13. The van der Waals surface area contributed by atoms with Crippen molar-refractivity contribution < 1.29 is 9.53 Å². The number of aromatic nitrogens is 1. The van der Waals surface area contributed by atoms with Gasteiger partial charge in [0.15, 0.2) is 0 Å². The first-order chi connectivity index (χ1) is 10.1. The molecule has 4 nitrogen and oxygen atoms in total. The number of nitrogens with zero attached hydrogens (tertiary/aromatic N) is 1. The van der Waals surface area contributed by atoms with E-state index in [-0.39, 0.29) is 5.91 Å². The number of hydrogen-bond donors (Lipinski definition) is 1. The minimum atomic E-state index is -0.00968. The second-order valence-electron chi connectivity index (χ2n) is 5.10. The number of thiazole rings is 1. The number of carbonyl (C=O) groups excluding carboxylic acids is 1. The van der Waals surface area contributed by atoms with Crippen molar-refractivity contribution >= 4 is 22.9 Å². The number of aryl methyl sites for hydroxylation is 1. The van der Waals surface area contributed by atoms with E-state index < -0.39 is 0 Å². The maximum atomic E-state index is 12.0. The van der Waals surface area contributed by atoms with E-state index in [4.69, 9.17) is 4.74 Å². The predicted octanol–water partition coefficient (Wildman–Crippen LogP) is 3.85. The van der Waals surface area contributed by atoms with E-state index in [1.807, 2.05) is 18.2 Å². The van der Waals surface area contributed by atoms with Gasteiger partial charge in [0.1, 0.15) is 5.75 Å². The molecule has 2 aromatic rings. The topological polar surface area (TPSA) is 51.2 Å². The van der Waals surface area contributed by atoms with Gasteiger partial charge < -0.3 is 10.1 Å². The van der Waals surface area contributed by atoms with Crippen molar-refractivity contribution in [1.82, 2.24) is 4.98 Å². The molecule has 5 heteroatoms. The van der Waals surface area contributed by atoms with Crippen LogP contribution in [-0.2, 0) is 11.2 Å². The van der Waals surface area contributed by atoms with Crippen LogP contribution < -0.4 is 10.1 Å². The highest BCUT2D eigenvalue weighted by molar-refractivity contribution is 7.09. The standard InChI is InChI=1S/C16H20N2O2S/c1-11(2)14-10-21-16(18-14)8-7-15(19)17-12-5-4-6-13(9-12)20-3/h4-6,9-11H,7-8H2,1-3H3,(H,17,19). The molecule has 1 N–H and O–H groups in total. The molecule has 112 valence electrons. The van der Waals surface area contributed by atoms with Crippen LogP contribution in [0.5, 0.6) is 5.75 Å². The SMILES string of the molecule is COc1cccc(NC(=O)CCc2nc(C(C)C)cs2)c1. The van der Waals surface area contributed by atoms with E-state index in [1.165, 1.54) is 0 Å². The van der Waals surface area contributed by atoms with Crippen molar-refractivity contribution in [3.63, 3.8) is 0 Å². The van der Waals surface area contributed by atoms with E-state index in [0.29, 0.717) is 18.8 Å². The number of nitrogens with one attached hydrogen (secondary N) is 1. The van der Waals surface area contributed by atoms with Gasteiger partial charge >= 0.3 is 0 Å². The molecule has 0 atom stereocenters. The van der Waals surface area contributed by atoms with Gasteiger partial charge in [-0.1, -0.05) is 19.9 Å². The molecule has 2 rings (SSSR count). The maximum absolute atomic E-state index is 12.0. The monoisotopic (exact) mass is 304 g/mol. The fourth-order valence-electron chi connectivity index (χ4n) is 1.85. The largest absolute Gasteiger partial charge is 0.497 e. The number of carbonyl (C=O) groups is 1. The van der Waals surface area contributed by atoms with E-state index in [1.54, 1.807) is 24.5 Å². The minimum absolute atomic E-state index is 0.00968. The molecule has 1 amide bonds. The minimum Gasteiger partial charge on any atom is -0.497 e. The van der Waals surface area contributed by atoms with E-state index >= 15 is 0 Å². The molecule has 1 aromatic carbocycles. The number of amides is 1. The molecular weight excluding hydrogens is 284 g/mol. The van der Waals surface area contributed by atoms with Crippen LogP contribution in [0.2, 0.25) is 0 Å². The van der Waals surface area contributed by atoms with Crippen LogP contribution in [0.4, 0.5) is 5.69 Å². The van der Waals surface area contributed by atoms with Gasteiger partial charge in [0.2, 0.25) is 5.91 Å². The molecule has 1 aromatic heterocycles. The third kappa shape index (κ3) is 4.56. The van der Waals surface area contributed by atoms with Crippen molar-refractivity contribution in [1.29, 1.82) is 0 Å². The van der Waals surface area contributed by atoms with E-state index in [0.717, 1.165) is 22.1 Å². The third-order valence-electron chi connectivity index (χ3n) is 3.08. The number of rotatable bonds is 6. The van der Waals surface area contributed by atoms with Gasteiger partial charge in [0.25, 0.3) is 0 Å². The Hall–Kier alpha value is -1.88. The lowest BCUT2D eigenvalue weighted by molar-refractivity contribution is -0.116. The zero-order valence-electron chi connectivity index (χ0n) is 12.6. The van der Waals surface area contributed by atoms with Crippen LogP contribution in [0.3, 0.4) is 0 Å². The molecule has 0 aliphatic carbocycles. The fraction of sp³-hybridized carbons (Fsp3) is 0.375. The summed E-state index contributed by atoms with van der Waals surface area (Å²) in [7, 11) is 1.61. The van der Waals surface area contributed by atoms with Crippen LogP contribution in [0.25, 0.3) is 0 Å². The number of anilines is 1. The van der Waals surface area contributed by atoms with E-state index in [2.05, 4.69) is 29.5 Å². The van der Waals surface area contributed by atoms with Crippen molar-refractivity contribution in [2.24, 2.45) is 0 Å². The lowest BCUT2D eigenvalue weighted by Gasteiger charge is -2.06. The van der Waals surface area contributed by atoms with Gasteiger partial charge in [0.05, 0.1) is 17.8 Å². The molecule has 1 heterocycles. The average molecular weight is 304 g/mol. The first-order valence-electron chi connectivity index (χ1n) is 6.96. The first kappa shape index (κ1) is 15.5. The Kier molecular flexibility index (Phi) is 5.33. The molecule has 0 spiro atoms. The number of ether oxygens (including phenoxy) is 1. The van der Waals surface area contributed by atoms with Gasteiger partial charge in [-0.2, -0.15) is 0 Å². The molecule has 21 heavy (non-hydrogen) atoms. The van der Waals surface area contributed by atoms with Crippen molar-refractivity contribution in [3.8, 4) is 5.75 Å². The Morgan fingerprint density at radius 2 is 2.24 bits per heavy atom. The molecule has 0 radical (unpaired) electrons. The Labute approximate surface area is 129 Å². The zero-order chi connectivity index (χ0) is 15.2. The summed E-state index contributed by atoms with van der Waals surface area (Å²) in [5.74, 6) is 1.15. The summed E-state index contributed by atoms with van der Waals surface area (Å²) in [6.07, 6.45) is 1.11. The zero-order valence-corrected chi connectivity index (χ0v) is 13.4. The molecule has 0 aliphatic rings. The second-order valence-corrected chi connectivity index (χ2v) is 6.04. The number of hydrogen-bond acceptors (Lipinski definition) is 4. The summed E-state index contributed by atoms with van der Waals surface area (Å²) in [5.41, 5.74) is 1.85. The van der Waals surface area contributed by atoms with Crippen LogP contribution in [0.1, 0.15) is 36.9 Å². The Balaban J connectivity index is 1.86. The molecule has 0 unspecified atom stereocenters. The summed E-state index contributed by atoms with van der Waals surface area (Å²) in [5, 5.41) is 5.96. The van der Waals surface area contributed by atoms with Crippen LogP contribution >= 0.6 is 11.3 Å². The van der Waals surface area contributed by atoms with Crippen LogP contribution in [0.15, 0.2) is 29.6 Å². The van der Waals surface area contributed by atoms with Crippen molar-refractivity contribution in [2.45, 2.75) is 32.6 Å². The van der Waals surface area contributed by atoms with Gasteiger partial charge in [-0.15, -0.1) is 11.3 Å². The number of methoxy groups -OCH3 is 1. The molecule has 0 saturated heterocycles. The van der Waals surface area contributed by atoms with Crippen molar-refractivity contribution in [2.75, 3.05) is 12.4 Å². The predicted molar refractivity (Wildman–Crippen MR) is 86.1 cm³/mol. The summed E-state index contributed by atoms with van der Waals surface area (Å²) in [6.45, 7) is 4.24. The summed E-state index contributed by atoms with van der Waals surface area (Å²) in [6, 6.07) is 7.35. The lowest BCUT2D eigenvalue weighted by atomic mass is 10.2. The van der Waals surface area contributed by atoms with Gasteiger partial charge in [-0.05, 0) is 18.1 Å². The number of benzene rings is 1. The normalized spacial score (nSPS) is 10.7. The Bertz CT molecular complexity index is 608. The highest BCUT2D eigenvalue weighted by Crippen LogP contribution is 2.20. The summed E-state index contributed by atoms with van der Waals surface area (Å²) >= 11 is 1.62. The maximum Gasteiger partial charge on any atom is 0.224 e. The van der Waals surface area contributed by atoms with Gasteiger partial charge in [0, 0.05) is 30.0 Å². The van der Waals surface area contributed by atoms with Crippen LogP contribution in [0, 0.1) is 0 Å². The molecule has 0 aliphatic heterocycles. The average Bonchev–Trinajstić information content (AvgIpc) is 2.94.